The van der Waals surface area contributed by atoms with Gasteiger partial charge in [-0.25, -0.2) is 0 Å². The van der Waals surface area contributed by atoms with Crippen molar-refractivity contribution in [3.63, 3.8) is 0 Å². The molecule has 0 fully saturated rings. The Balaban J connectivity index is 3.69. The maximum Gasteiger partial charge on any atom is 0.306 e. The molecular weight excluding hydrogens is 220 g/mol. The normalized spacial score (nSPS) is 13.3. The van der Waals surface area contributed by atoms with Crippen LogP contribution < -0.4 is 0 Å². The van der Waals surface area contributed by atoms with Crippen LogP contribution in [-0.2, 0) is 19.1 Å². The summed E-state index contributed by atoms with van der Waals surface area (Å²) in [5.41, 5.74) is 0. The molecule has 0 aliphatic heterocycles. The molecule has 4 nitrogen and oxygen atoms in total. The third-order valence-electron chi connectivity index (χ3n) is 2.06. The molecule has 0 amide bonds. The van der Waals surface area contributed by atoms with E-state index in [1.54, 1.807) is 13.8 Å². The molecule has 0 rings (SSSR count). The van der Waals surface area contributed by atoms with Crippen molar-refractivity contribution >= 4 is 11.9 Å². The van der Waals surface area contributed by atoms with Gasteiger partial charge in [0.15, 0.2) is 0 Å². The highest BCUT2D eigenvalue weighted by molar-refractivity contribution is 5.72. The Bertz CT molecular complexity index is 255. The van der Waals surface area contributed by atoms with Crippen LogP contribution in [0.25, 0.3) is 0 Å². The van der Waals surface area contributed by atoms with E-state index in [0.29, 0.717) is 6.42 Å². The Kier molecular flexibility index (Phi) is 7.76. The molecule has 2 unspecified atom stereocenters. The lowest BCUT2D eigenvalue weighted by Gasteiger charge is -2.09. The first-order valence-corrected chi connectivity index (χ1v) is 5.63. The van der Waals surface area contributed by atoms with Crippen LogP contribution in [-0.4, -0.2) is 24.1 Å². The first-order chi connectivity index (χ1) is 7.99. The third kappa shape index (κ3) is 8.25. The molecule has 17 heavy (non-hydrogen) atoms. The fourth-order valence-electron chi connectivity index (χ4n) is 1.01. The Morgan fingerprint density at radius 2 is 1.35 bits per heavy atom. The molecule has 0 heterocycles. The topological polar surface area (TPSA) is 52.6 Å². The minimum absolute atomic E-state index is 0.204. The number of carbonyl (C=O) groups excluding carboxylic acids is 2. The number of hydrogen-bond donors (Lipinski definition) is 0. The summed E-state index contributed by atoms with van der Waals surface area (Å²) in [5.74, 6) is -0.663. The molecule has 0 spiro atoms. The highest BCUT2D eigenvalue weighted by atomic mass is 16.5. The molecule has 0 aliphatic rings. The number of ether oxygens (including phenoxy) is 2. The van der Waals surface area contributed by atoms with Crippen molar-refractivity contribution in [2.24, 2.45) is 0 Å². The predicted molar refractivity (Wildman–Crippen MR) is 65.4 cm³/mol. The van der Waals surface area contributed by atoms with Crippen molar-refractivity contribution in [2.75, 3.05) is 0 Å². The maximum atomic E-state index is 11.2. The van der Waals surface area contributed by atoms with Crippen LogP contribution in [0.5, 0.6) is 0 Å². The zero-order valence-corrected chi connectivity index (χ0v) is 10.5. The van der Waals surface area contributed by atoms with Gasteiger partial charge in [-0.3, -0.25) is 9.59 Å². The van der Waals surface area contributed by atoms with E-state index in [1.165, 1.54) is 12.2 Å². The van der Waals surface area contributed by atoms with Gasteiger partial charge in [0.2, 0.25) is 0 Å². The van der Waals surface area contributed by atoms with Crippen molar-refractivity contribution < 1.29 is 19.1 Å². The zero-order chi connectivity index (χ0) is 13.3. The number of carbonyl (C=O) groups is 2. The number of esters is 2. The van der Waals surface area contributed by atoms with Gasteiger partial charge in [0.05, 0.1) is 0 Å². The van der Waals surface area contributed by atoms with Crippen molar-refractivity contribution in [1.29, 1.82) is 0 Å². The molecule has 0 aromatic heterocycles. The quantitative estimate of drug-likeness (QED) is 0.483. The van der Waals surface area contributed by atoms with Gasteiger partial charge >= 0.3 is 11.9 Å². The average molecular weight is 240 g/mol. The summed E-state index contributed by atoms with van der Waals surface area (Å²) >= 11 is 0. The molecule has 2 atom stereocenters. The van der Waals surface area contributed by atoms with Crippen LogP contribution in [0.4, 0.5) is 0 Å². The summed E-state index contributed by atoms with van der Waals surface area (Å²) < 4.78 is 9.92. The highest BCUT2D eigenvalue weighted by Crippen LogP contribution is 2.04. The first kappa shape index (κ1) is 15.4. The lowest BCUT2D eigenvalue weighted by Crippen LogP contribution is -2.14. The summed E-state index contributed by atoms with van der Waals surface area (Å²) in [6.07, 6.45) is 3.32. The minimum atomic E-state index is -0.332. The molecule has 0 aliphatic carbocycles. The van der Waals surface area contributed by atoms with Crippen molar-refractivity contribution in [1.82, 2.24) is 0 Å². The van der Waals surface area contributed by atoms with Crippen LogP contribution in [0.1, 0.15) is 33.1 Å². The summed E-state index contributed by atoms with van der Waals surface area (Å²) in [6.45, 7) is 10.5. The van der Waals surface area contributed by atoms with Crippen LogP contribution in [0.15, 0.2) is 25.3 Å². The van der Waals surface area contributed by atoms with E-state index in [0.717, 1.165) is 0 Å². The fourth-order valence-corrected chi connectivity index (χ4v) is 1.01. The monoisotopic (exact) mass is 240 g/mol. The maximum absolute atomic E-state index is 11.2. The lowest BCUT2D eigenvalue weighted by atomic mass is 10.2. The van der Waals surface area contributed by atoms with Crippen LogP contribution in [0.2, 0.25) is 0 Å². The summed E-state index contributed by atoms with van der Waals surface area (Å²) in [7, 11) is 0. The summed E-state index contributed by atoms with van der Waals surface area (Å²) in [4.78, 5) is 22.5. The van der Waals surface area contributed by atoms with Gasteiger partial charge in [0, 0.05) is 12.8 Å². The van der Waals surface area contributed by atoms with Crippen molar-refractivity contribution in [3.05, 3.63) is 25.3 Å². The van der Waals surface area contributed by atoms with Gasteiger partial charge in [0.25, 0.3) is 0 Å². The molecular formula is C13H20O4. The van der Waals surface area contributed by atoms with Crippen LogP contribution in [0.3, 0.4) is 0 Å². The van der Waals surface area contributed by atoms with E-state index in [4.69, 9.17) is 9.47 Å². The van der Waals surface area contributed by atoms with Gasteiger partial charge in [-0.2, -0.15) is 0 Å². The molecule has 0 N–H and O–H groups in total. The van der Waals surface area contributed by atoms with Gasteiger partial charge in [-0.15, -0.1) is 0 Å². The molecule has 4 heteroatoms. The van der Waals surface area contributed by atoms with Crippen molar-refractivity contribution in [3.8, 4) is 0 Å². The first-order valence-electron chi connectivity index (χ1n) is 5.63. The van der Waals surface area contributed by atoms with E-state index in [-0.39, 0.29) is 37.0 Å². The molecule has 0 saturated carbocycles. The average Bonchev–Trinajstić information content (AvgIpc) is 2.28. The van der Waals surface area contributed by atoms with Crippen LogP contribution >= 0.6 is 0 Å². The molecule has 0 aromatic rings. The number of rotatable bonds is 8. The van der Waals surface area contributed by atoms with E-state index in [1.807, 2.05) is 0 Å². The lowest BCUT2D eigenvalue weighted by molar-refractivity contribution is -0.148. The zero-order valence-electron chi connectivity index (χ0n) is 10.5. The van der Waals surface area contributed by atoms with E-state index in [9.17, 15) is 9.59 Å². The molecule has 0 radical (unpaired) electrons. The van der Waals surface area contributed by atoms with Gasteiger partial charge in [-0.1, -0.05) is 25.3 Å². The van der Waals surface area contributed by atoms with E-state index in [2.05, 4.69) is 13.2 Å². The SMILES string of the molecule is C=CC(C)OC(=O)CCCC(=O)OC(C)C=C. The smallest absolute Gasteiger partial charge is 0.306 e. The Morgan fingerprint density at radius 1 is 1.00 bits per heavy atom. The van der Waals surface area contributed by atoms with Gasteiger partial charge < -0.3 is 9.47 Å². The molecule has 96 valence electrons. The fraction of sp³-hybridized carbons (Fsp3) is 0.538. The van der Waals surface area contributed by atoms with Crippen LogP contribution in [0, 0.1) is 0 Å². The Hall–Kier alpha value is -1.58. The van der Waals surface area contributed by atoms with E-state index >= 15 is 0 Å². The van der Waals surface area contributed by atoms with Gasteiger partial charge in [-0.05, 0) is 20.3 Å². The number of hydrogen-bond acceptors (Lipinski definition) is 4. The van der Waals surface area contributed by atoms with Crippen molar-refractivity contribution in [2.45, 2.75) is 45.3 Å². The Morgan fingerprint density at radius 3 is 1.65 bits per heavy atom. The summed E-state index contributed by atoms with van der Waals surface area (Å²) in [6, 6.07) is 0. The predicted octanol–water partition coefficient (Wildman–Crippen LogP) is 2.39. The largest absolute Gasteiger partial charge is 0.458 e. The summed E-state index contributed by atoms with van der Waals surface area (Å²) in [5, 5.41) is 0. The second-order valence-corrected chi connectivity index (χ2v) is 3.71. The Labute approximate surface area is 102 Å². The second-order valence-electron chi connectivity index (χ2n) is 3.71. The minimum Gasteiger partial charge on any atom is -0.458 e. The molecule has 0 bridgehead atoms. The second kappa shape index (κ2) is 8.56. The standard InChI is InChI=1S/C13H20O4/c1-5-10(3)16-12(14)8-7-9-13(15)17-11(4)6-2/h5-6,10-11H,1-2,7-9H2,3-4H3. The van der Waals surface area contributed by atoms with E-state index < -0.39 is 0 Å². The molecule has 0 saturated heterocycles. The molecule has 0 aromatic carbocycles. The van der Waals surface area contributed by atoms with Gasteiger partial charge in [0.1, 0.15) is 12.2 Å². The highest BCUT2D eigenvalue weighted by Gasteiger charge is 2.10. The third-order valence-corrected chi connectivity index (χ3v) is 2.06.